The lowest BCUT2D eigenvalue weighted by Crippen LogP contribution is -2.61. The summed E-state index contributed by atoms with van der Waals surface area (Å²) in [6.07, 6.45) is 7.70. The van der Waals surface area contributed by atoms with E-state index in [0.29, 0.717) is 19.6 Å². The Bertz CT molecular complexity index is 1170. The Labute approximate surface area is 231 Å². The maximum Gasteiger partial charge on any atom is 0.249 e. The zero-order valence-corrected chi connectivity index (χ0v) is 23.6. The second-order valence-corrected chi connectivity index (χ2v) is 12.4. The predicted molar refractivity (Wildman–Crippen MR) is 147 cm³/mol. The van der Waals surface area contributed by atoms with Gasteiger partial charge in [-0.15, -0.1) is 0 Å². The molecule has 1 N–H and O–H groups in total. The smallest absolute Gasteiger partial charge is 0.249 e. The summed E-state index contributed by atoms with van der Waals surface area (Å²) in [6, 6.07) is 8.27. The Morgan fingerprint density at radius 2 is 1.77 bits per heavy atom. The van der Waals surface area contributed by atoms with E-state index < -0.39 is 41.2 Å². The minimum atomic E-state index is -1.29. The van der Waals surface area contributed by atoms with Crippen LogP contribution in [0.3, 0.4) is 0 Å². The van der Waals surface area contributed by atoms with Crippen molar-refractivity contribution in [3.8, 4) is 0 Å². The fourth-order valence-corrected chi connectivity index (χ4v) is 6.85. The van der Waals surface area contributed by atoms with Crippen molar-refractivity contribution in [1.82, 2.24) is 14.7 Å². The minimum absolute atomic E-state index is 0.0481. The van der Waals surface area contributed by atoms with Crippen LogP contribution in [0.2, 0.25) is 0 Å². The first-order valence-electron chi connectivity index (χ1n) is 14.1. The second kappa shape index (κ2) is 10.2. The van der Waals surface area contributed by atoms with E-state index in [1.807, 2.05) is 89.3 Å². The molecule has 3 amide bonds. The number of hydrogen-bond acceptors (Lipinski definition) is 5. The number of rotatable bonds is 6. The highest BCUT2D eigenvalue weighted by Crippen LogP contribution is 2.54. The van der Waals surface area contributed by atoms with Crippen LogP contribution in [0.5, 0.6) is 0 Å². The van der Waals surface area contributed by atoms with E-state index in [1.165, 1.54) is 0 Å². The number of fused-ring (bicyclic) bond motifs is 2. The monoisotopic (exact) mass is 535 g/mol. The number of carbonyl (C=O) groups is 3. The summed E-state index contributed by atoms with van der Waals surface area (Å²) in [4.78, 5) is 48.2. The van der Waals surface area contributed by atoms with Gasteiger partial charge in [-0.25, -0.2) is 0 Å². The molecular formula is C31H41N3O5. The van der Waals surface area contributed by atoms with Crippen LogP contribution in [-0.4, -0.2) is 86.6 Å². The molecule has 1 spiro atoms. The van der Waals surface area contributed by atoms with Gasteiger partial charge in [0.1, 0.15) is 11.6 Å². The highest BCUT2D eigenvalue weighted by Gasteiger charge is 2.73. The normalized spacial score (nSPS) is 32.1. The molecule has 0 aliphatic carbocycles. The Morgan fingerprint density at radius 3 is 2.41 bits per heavy atom. The molecule has 4 aliphatic rings. The van der Waals surface area contributed by atoms with Crippen molar-refractivity contribution in [1.29, 1.82) is 0 Å². The molecule has 8 heteroatoms. The first-order chi connectivity index (χ1) is 18.5. The average Bonchev–Trinajstić information content (AvgIpc) is 3.21. The number of aliphatic hydroxyl groups is 1. The molecule has 1 aromatic carbocycles. The molecule has 2 saturated heterocycles. The molecule has 39 heavy (non-hydrogen) atoms. The number of nitrogens with zero attached hydrogens (tertiary/aromatic N) is 3. The van der Waals surface area contributed by atoms with Gasteiger partial charge in [0.25, 0.3) is 0 Å². The summed E-state index contributed by atoms with van der Waals surface area (Å²) < 4.78 is 6.74. The third-order valence-electron chi connectivity index (χ3n) is 9.05. The summed E-state index contributed by atoms with van der Waals surface area (Å²) in [5, 5.41) is 10.5. The summed E-state index contributed by atoms with van der Waals surface area (Å²) in [6.45, 7) is 10.9. The van der Waals surface area contributed by atoms with Gasteiger partial charge >= 0.3 is 0 Å². The molecule has 0 saturated carbocycles. The maximum absolute atomic E-state index is 14.5. The summed E-state index contributed by atoms with van der Waals surface area (Å²) in [5.74, 6) is -2.32. The Balaban J connectivity index is 1.61. The molecule has 0 aromatic heterocycles. The van der Waals surface area contributed by atoms with E-state index in [0.717, 1.165) is 12.0 Å². The van der Waals surface area contributed by atoms with E-state index >= 15 is 0 Å². The number of carbonyl (C=O) groups excluding carboxylic acids is 3. The van der Waals surface area contributed by atoms with Gasteiger partial charge in [0.2, 0.25) is 17.7 Å². The SMILES string of the molecule is CC[C@H](C)[C@H](CO)N1C(=O)[C@@H]2[C@H]3C(=O)N(Cc4ccccc4)CC=C[C@H]3O[C@@]23C=CCN(C(C)(C)C)C(=O)C13. The second-order valence-electron chi connectivity index (χ2n) is 12.4. The fraction of sp³-hybridized carbons (Fsp3) is 0.581. The molecular weight excluding hydrogens is 494 g/mol. The lowest BCUT2D eigenvalue weighted by molar-refractivity contribution is -0.155. The summed E-state index contributed by atoms with van der Waals surface area (Å²) in [5.41, 5.74) is -0.776. The molecule has 7 atom stereocenters. The Hall–Kier alpha value is -2.97. The fourth-order valence-electron chi connectivity index (χ4n) is 6.85. The molecule has 8 nitrogen and oxygen atoms in total. The van der Waals surface area contributed by atoms with Crippen LogP contribution in [-0.2, 0) is 25.7 Å². The number of ether oxygens (including phenoxy) is 1. The molecule has 5 rings (SSSR count). The van der Waals surface area contributed by atoms with Crippen LogP contribution < -0.4 is 0 Å². The topological polar surface area (TPSA) is 90.4 Å². The molecule has 4 heterocycles. The maximum atomic E-state index is 14.5. The predicted octanol–water partition coefficient (Wildman–Crippen LogP) is 2.77. The van der Waals surface area contributed by atoms with Crippen molar-refractivity contribution >= 4 is 17.7 Å². The summed E-state index contributed by atoms with van der Waals surface area (Å²) >= 11 is 0. The summed E-state index contributed by atoms with van der Waals surface area (Å²) in [7, 11) is 0. The zero-order chi connectivity index (χ0) is 28.1. The van der Waals surface area contributed by atoms with Crippen molar-refractivity contribution in [2.24, 2.45) is 17.8 Å². The largest absolute Gasteiger partial charge is 0.394 e. The molecule has 2 fully saturated rings. The van der Waals surface area contributed by atoms with Crippen molar-refractivity contribution < 1.29 is 24.2 Å². The van der Waals surface area contributed by atoms with Crippen LogP contribution in [0.25, 0.3) is 0 Å². The first-order valence-corrected chi connectivity index (χ1v) is 14.1. The van der Waals surface area contributed by atoms with Crippen molar-refractivity contribution in [3.63, 3.8) is 0 Å². The third kappa shape index (κ3) is 4.42. The van der Waals surface area contributed by atoms with Crippen molar-refractivity contribution in [2.45, 2.75) is 76.9 Å². The molecule has 4 aliphatic heterocycles. The van der Waals surface area contributed by atoms with Crippen LogP contribution >= 0.6 is 0 Å². The van der Waals surface area contributed by atoms with Gasteiger partial charge in [-0.05, 0) is 32.3 Å². The van der Waals surface area contributed by atoms with Gasteiger partial charge in [0, 0.05) is 25.2 Å². The highest BCUT2D eigenvalue weighted by atomic mass is 16.5. The van der Waals surface area contributed by atoms with E-state index in [-0.39, 0.29) is 30.2 Å². The van der Waals surface area contributed by atoms with Crippen LogP contribution in [0.1, 0.15) is 46.6 Å². The molecule has 1 unspecified atom stereocenters. The zero-order valence-electron chi connectivity index (χ0n) is 23.6. The molecule has 210 valence electrons. The third-order valence-corrected chi connectivity index (χ3v) is 9.05. The van der Waals surface area contributed by atoms with Crippen LogP contribution in [0.4, 0.5) is 0 Å². The van der Waals surface area contributed by atoms with Crippen molar-refractivity contribution in [3.05, 3.63) is 60.2 Å². The number of benzene rings is 1. The Kier molecular flexibility index (Phi) is 7.22. The van der Waals surface area contributed by atoms with Gasteiger partial charge in [-0.2, -0.15) is 0 Å². The number of hydrogen-bond donors (Lipinski definition) is 1. The van der Waals surface area contributed by atoms with Crippen LogP contribution in [0.15, 0.2) is 54.6 Å². The van der Waals surface area contributed by atoms with E-state index in [4.69, 9.17) is 4.74 Å². The lowest BCUT2D eigenvalue weighted by atomic mass is 9.77. The Morgan fingerprint density at radius 1 is 1.05 bits per heavy atom. The molecule has 0 bridgehead atoms. The number of likely N-dealkylation sites (tertiary alicyclic amines) is 1. The molecule has 0 radical (unpaired) electrons. The number of amides is 3. The minimum Gasteiger partial charge on any atom is -0.394 e. The van der Waals surface area contributed by atoms with E-state index in [9.17, 15) is 19.5 Å². The van der Waals surface area contributed by atoms with Gasteiger partial charge in [-0.3, -0.25) is 14.4 Å². The molecule has 1 aromatic rings. The quantitative estimate of drug-likeness (QED) is 0.566. The first kappa shape index (κ1) is 27.6. The van der Waals surface area contributed by atoms with Gasteiger partial charge in [-0.1, -0.05) is 74.9 Å². The van der Waals surface area contributed by atoms with Crippen molar-refractivity contribution in [2.75, 3.05) is 19.7 Å². The van der Waals surface area contributed by atoms with Gasteiger partial charge < -0.3 is 24.5 Å². The van der Waals surface area contributed by atoms with Gasteiger partial charge in [0.15, 0.2) is 0 Å². The standard InChI is InChI=1S/C31H41N3O5/c1-6-20(2)22(19-35)34-26-29(38)33(30(3,4)5)17-11-15-31(26)25(28(34)37)24-23(39-31)14-10-16-32(27(24)36)18-21-12-8-7-9-13-21/h7-15,20,22-26,35H,6,16-19H2,1-5H3/t20-,22-,23+,24-,25-,26?,31-/m0/s1. The van der Waals surface area contributed by atoms with E-state index in [1.54, 1.807) is 14.7 Å². The van der Waals surface area contributed by atoms with E-state index in [2.05, 4.69) is 0 Å². The average molecular weight is 536 g/mol. The lowest BCUT2D eigenvalue weighted by Gasteiger charge is -2.43. The van der Waals surface area contributed by atoms with Gasteiger partial charge in [0.05, 0.1) is 30.6 Å². The van der Waals surface area contributed by atoms with Crippen LogP contribution in [0, 0.1) is 17.8 Å². The number of aliphatic hydroxyl groups excluding tert-OH is 1. The highest BCUT2D eigenvalue weighted by molar-refractivity contribution is 6.00.